The van der Waals surface area contributed by atoms with E-state index in [1.54, 1.807) is 12.4 Å². The van der Waals surface area contributed by atoms with Crippen molar-refractivity contribution < 1.29 is 5.11 Å². The molecule has 2 heterocycles. The second-order valence-corrected chi connectivity index (χ2v) is 4.41. The number of piperidine rings is 1. The van der Waals surface area contributed by atoms with Crippen LogP contribution >= 0.6 is 0 Å². The van der Waals surface area contributed by atoms with E-state index in [0.717, 1.165) is 31.5 Å². The standard InChI is InChI=1S/C12H18N2O/c1-12(15,10-4-7-13-8-5-10)11-3-2-6-14-9-11/h2-3,6,9-10,13,15H,4-5,7-8H2,1H3/t12-/m0/s1. The number of pyridine rings is 1. The summed E-state index contributed by atoms with van der Waals surface area (Å²) < 4.78 is 0. The van der Waals surface area contributed by atoms with Crippen molar-refractivity contribution >= 4 is 0 Å². The van der Waals surface area contributed by atoms with Crippen LogP contribution in [0, 0.1) is 5.92 Å². The van der Waals surface area contributed by atoms with E-state index in [2.05, 4.69) is 10.3 Å². The molecule has 1 saturated heterocycles. The Bertz CT molecular complexity index is 305. The molecule has 82 valence electrons. The number of aliphatic hydroxyl groups is 1. The number of hydrogen-bond donors (Lipinski definition) is 2. The maximum absolute atomic E-state index is 10.5. The van der Waals surface area contributed by atoms with Crippen molar-refractivity contribution in [1.82, 2.24) is 10.3 Å². The molecular weight excluding hydrogens is 188 g/mol. The first kappa shape index (κ1) is 10.6. The molecule has 1 fully saturated rings. The van der Waals surface area contributed by atoms with Gasteiger partial charge in [-0.3, -0.25) is 4.98 Å². The maximum Gasteiger partial charge on any atom is 0.0912 e. The van der Waals surface area contributed by atoms with Crippen molar-refractivity contribution in [1.29, 1.82) is 0 Å². The summed E-state index contributed by atoms with van der Waals surface area (Å²) in [7, 11) is 0. The van der Waals surface area contributed by atoms with E-state index in [1.807, 2.05) is 19.1 Å². The number of nitrogens with one attached hydrogen (secondary N) is 1. The van der Waals surface area contributed by atoms with E-state index in [1.165, 1.54) is 0 Å². The monoisotopic (exact) mass is 206 g/mol. The van der Waals surface area contributed by atoms with Gasteiger partial charge in [-0.25, -0.2) is 0 Å². The van der Waals surface area contributed by atoms with Gasteiger partial charge in [0.25, 0.3) is 0 Å². The summed E-state index contributed by atoms with van der Waals surface area (Å²) in [6.45, 7) is 3.90. The fourth-order valence-electron chi connectivity index (χ4n) is 2.28. The van der Waals surface area contributed by atoms with Gasteiger partial charge in [-0.15, -0.1) is 0 Å². The summed E-state index contributed by atoms with van der Waals surface area (Å²) in [5.74, 6) is 0.336. The predicted octanol–water partition coefficient (Wildman–Crippen LogP) is 1.29. The van der Waals surface area contributed by atoms with E-state index in [0.29, 0.717) is 5.92 Å². The molecule has 0 radical (unpaired) electrons. The van der Waals surface area contributed by atoms with Crippen molar-refractivity contribution in [2.24, 2.45) is 5.92 Å². The first-order valence-electron chi connectivity index (χ1n) is 5.55. The largest absolute Gasteiger partial charge is 0.385 e. The predicted molar refractivity (Wildman–Crippen MR) is 59.4 cm³/mol. The summed E-state index contributed by atoms with van der Waals surface area (Å²) in [6, 6.07) is 3.83. The van der Waals surface area contributed by atoms with Crippen LogP contribution in [0.2, 0.25) is 0 Å². The topological polar surface area (TPSA) is 45.2 Å². The molecule has 2 rings (SSSR count). The Morgan fingerprint density at radius 1 is 1.47 bits per heavy atom. The molecule has 1 aromatic rings. The van der Waals surface area contributed by atoms with E-state index in [4.69, 9.17) is 0 Å². The minimum atomic E-state index is -0.740. The van der Waals surface area contributed by atoms with Crippen LogP contribution in [0.1, 0.15) is 25.3 Å². The van der Waals surface area contributed by atoms with Crippen molar-refractivity contribution in [2.45, 2.75) is 25.4 Å². The first-order valence-corrected chi connectivity index (χ1v) is 5.55. The van der Waals surface area contributed by atoms with E-state index in [9.17, 15) is 5.11 Å². The SMILES string of the molecule is C[C@@](O)(c1cccnc1)C1CCNCC1. The van der Waals surface area contributed by atoms with Gasteiger partial charge in [0.1, 0.15) is 0 Å². The molecule has 0 amide bonds. The second kappa shape index (κ2) is 4.29. The zero-order valence-electron chi connectivity index (χ0n) is 9.11. The molecule has 1 aliphatic heterocycles. The fraction of sp³-hybridized carbons (Fsp3) is 0.583. The van der Waals surface area contributed by atoms with Gasteiger partial charge in [0.05, 0.1) is 5.60 Å². The van der Waals surface area contributed by atoms with Crippen LogP contribution < -0.4 is 5.32 Å². The molecule has 1 aliphatic rings. The van der Waals surface area contributed by atoms with Gasteiger partial charge < -0.3 is 10.4 Å². The van der Waals surface area contributed by atoms with Crippen molar-refractivity contribution in [3.8, 4) is 0 Å². The minimum Gasteiger partial charge on any atom is -0.385 e. The Morgan fingerprint density at radius 3 is 2.80 bits per heavy atom. The summed E-state index contributed by atoms with van der Waals surface area (Å²) in [4.78, 5) is 4.07. The normalized spacial score (nSPS) is 22.3. The van der Waals surface area contributed by atoms with Crippen molar-refractivity contribution in [3.63, 3.8) is 0 Å². The Kier molecular flexibility index (Phi) is 3.03. The minimum absolute atomic E-state index is 0.336. The van der Waals surface area contributed by atoms with Crippen LogP contribution in [0.25, 0.3) is 0 Å². The van der Waals surface area contributed by atoms with Crippen molar-refractivity contribution in [2.75, 3.05) is 13.1 Å². The van der Waals surface area contributed by atoms with Gasteiger partial charge in [0.2, 0.25) is 0 Å². The fourth-order valence-corrected chi connectivity index (χ4v) is 2.28. The smallest absolute Gasteiger partial charge is 0.0912 e. The first-order chi connectivity index (χ1) is 7.21. The molecule has 3 nitrogen and oxygen atoms in total. The Labute approximate surface area is 90.5 Å². The zero-order chi connectivity index (χ0) is 10.7. The second-order valence-electron chi connectivity index (χ2n) is 4.41. The maximum atomic E-state index is 10.5. The molecule has 3 heteroatoms. The number of hydrogen-bond acceptors (Lipinski definition) is 3. The lowest BCUT2D eigenvalue weighted by Gasteiger charge is -2.36. The Hall–Kier alpha value is -0.930. The number of aromatic nitrogens is 1. The molecule has 0 saturated carbocycles. The van der Waals surface area contributed by atoms with Crippen LogP contribution in [-0.2, 0) is 5.60 Å². The third kappa shape index (κ3) is 2.19. The summed E-state index contributed by atoms with van der Waals surface area (Å²) in [5.41, 5.74) is 0.188. The highest BCUT2D eigenvalue weighted by molar-refractivity contribution is 5.18. The van der Waals surface area contributed by atoms with Crippen LogP contribution in [0.3, 0.4) is 0 Å². The molecule has 0 bridgehead atoms. The van der Waals surface area contributed by atoms with E-state index in [-0.39, 0.29) is 0 Å². The van der Waals surface area contributed by atoms with Gasteiger partial charge in [-0.2, -0.15) is 0 Å². The van der Waals surface area contributed by atoms with Gasteiger partial charge in [-0.05, 0) is 44.8 Å². The zero-order valence-corrected chi connectivity index (χ0v) is 9.11. The number of rotatable bonds is 2. The summed E-state index contributed by atoms with van der Waals surface area (Å²) in [5, 5.41) is 13.9. The lowest BCUT2D eigenvalue weighted by Crippen LogP contribution is -2.39. The van der Waals surface area contributed by atoms with Crippen LogP contribution in [0.15, 0.2) is 24.5 Å². The van der Waals surface area contributed by atoms with Gasteiger partial charge in [0.15, 0.2) is 0 Å². The highest BCUT2D eigenvalue weighted by Crippen LogP contribution is 2.34. The van der Waals surface area contributed by atoms with E-state index < -0.39 is 5.60 Å². The third-order valence-electron chi connectivity index (χ3n) is 3.38. The molecule has 1 atom stereocenters. The molecule has 0 aliphatic carbocycles. The molecule has 0 unspecified atom stereocenters. The van der Waals surface area contributed by atoms with E-state index >= 15 is 0 Å². The molecule has 0 aromatic carbocycles. The van der Waals surface area contributed by atoms with Crippen molar-refractivity contribution in [3.05, 3.63) is 30.1 Å². The average Bonchev–Trinajstić information content (AvgIpc) is 2.31. The average molecular weight is 206 g/mol. The highest BCUT2D eigenvalue weighted by atomic mass is 16.3. The van der Waals surface area contributed by atoms with Gasteiger partial charge in [0, 0.05) is 18.0 Å². The number of nitrogens with zero attached hydrogens (tertiary/aromatic N) is 1. The third-order valence-corrected chi connectivity index (χ3v) is 3.38. The molecule has 2 N–H and O–H groups in total. The van der Waals surface area contributed by atoms with Crippen LogP contribution in [-0.4, -0.2) is 23.2 Å². The molecular formula is C12H18N2O. The summed E-state index contributed by atoms with van der Waals surface area (Å²) in [6.07, 6.45) is 5.56. The Morgan fingerprint density at radius 2 is 2.20 bits per heavy atom. The van der Waals surface area contributed by atoms with Crippen LogP contribution in [0.4, 0.5) is 0 Å². The molecule has 1 aromatic heterocycles. The quantitative estimate of drug-likeness (QED) is 0.766. The Balaban J connectivity index is 2.18. The highest BCUT2D eigenvalue weighted by Gasteiger charge is 2.34. The van der Waals surface area contributed by atoms with Gasteiger partial charge in [-0.1, -0.05) is 6.07 Å². The summed E-state index contributed by atoms with van der Waals surface area (Å²) >= 11 is 0. The molecule has 0 spiro atoms. The lowest BCUT2D eigenvalue weighted by atomic mass is 9.78. The van der Waals surface area contributed by atoms with Crippen LogP contribution in [0.5, 0.6) is 0 Å². The van der Waals surface area contributed by atoms with Gasteiger partial charge >= 0.3 is 0 Å². The lowest BCUT2D eigenvalue weighted by molar-refractivity contribution is -0.0189. The molecule has 15 heavy (non-hydrogen) atoms.